The van der Waals surface area contributed by atoms with Gasteiger partial charge in [0.2, 0.25) is 0 Å². The first-order valence-corrected chi connectivity index (χ1v) is 8.83. The number of anilines is 1. The standard InChI is InChI=1S/C21H24F3NO/c1-20(2,3)17-6-8-18(9-7-17)25-13-12-16(14-25)15-4-10-19(11-5-15)26-21(22,23)24/h4-11,16H,12-14H2,1-3H3. The molecule has 1 heterocycles. The van der Waals surface area contributed by atoms with Gasteiger partial charge in [0.05, 0.1) is 0 Å². The number of halogens is 3. The highest BCUT2D eigenvalue weighted by molar-refractivity contribution is 5.50. The van der Waals surface area contributed by atoms with Gasteiger partial charge in [0.25, 0.3) is 0 Å². The Morgan fingerprint density at radius 2 is 1.54 bits per heavy atom. The third-order valence-electron chi connectivity index (χ3n) is 4.87. The topological polar surface area (TPSA) is 12.5 Å². The van der Waals surface area contributed by atoms with E-state index in [9.17, 15) is 13.2 Å². The van der Waals surface area contributed by atoms with Crippen molar-refractivity contribution >= 4 is 5.69 Å². The van der Waals surface area contributed by atoms with Crippen LogP contribution < -0.4 is 9.64 Å². The SMILES string of the molecule is CC(C)(C)c1ccc(N2CCC(c3ccc(OC(F)(F)F)cc3)C2)cc1. The second kappa shape index (κ2) is 6.86. The zero-order valence-corrected chi connectivity index (χ0v) is 15.3. The largest absolute Gasteiger partial charge is 0.573 e. The van der Waals surface area contributed by atoms with E-state index >= 15 is 0 Å². The Hall–Kier alpha value is -2.17. The van der Waals surface area contributed by atoms with E-state index in [1.54, 1.807) is 12.1 Å². The van der Waals surface area contributed by atoms with Gasteiger partial charge in [0.1, 0.15) is 5.75 Å². The predicted molar refractivity (Wildman–Crippen MR) is 97.8 cm³/mol. The van der Waals surface area contributed by atoms with Crippen molar-refractivity contribution in [3.63, 3.8) is 0 Å². The highest BCUT2D eigenvalue weighted by atomic mass is 19.4. The van der Waals surface area contributed by atoms with Crippen molar-refractivity contribution in [2.24, 2.45) is 0 Å². The lowest BCUT2D eigenvalue weighted by molar-refractivity contribution is -0.274. The number of rotatable bonds is 3. The number of nitrogens with zero attached hydrogens (tertiary/aromatic N) is 1. The molecule has 0 N–H and O–H groups in total. The molecule has 2 aromatic carbocycles. The van der Waals surface area contributed by atoms with E-state index in [2.05, 4.69) is 54.7 Å². The molecule has 0 aliphatic carbocycles. The minimum Gasteiger partial charge on any atom is -0.406 e. The summed E-state index contributed by atoms with van der Waals surface area (Å²) in [4.78, 5) is 2.33. The van der Waals surface area contributed by atoms with E-state index in [4.69, 9.17) is 0 Å². The summed E-state index contributed by atoms with van der Waals surface area (Å²) in [6.45, 7) is 8.40. The maximum absolute atomic E-state index is 12.3. The van der Waals surface area contributed by atoms with Crippen molar-refractivity contribution < 1.29 is 17.9 Å². The summed E-state index contributed by atoms with van der Waals surface area (Å²) < 4.78 is 40.7. The molecule has 1 aliphatic rings. The minimum absolute atomic E-state index is 0.131. The minimum atomic E-state index is -4.65. The third kappa shape index (κ3) is 4.51. The van der Waals surface area contributed by atoms with Gasteiger partial charge in [-0.15, -0.1) is 13.2 Å². The Balaban J connectivity index is 1.65. The van der Waals surface area contributed by atoms with Crippen molar-refractivity contribution in [1.29, 1.82) is 0 Å². The first-order chi connectivity index (χ1) is 12.1. The molecule has 140 valence electrons. The normalized spacial score (nSPS) is 18.2. The summed E-state index contributed by atoms with van der Waals surface area (Å²) in [5.41, 5.74) is 3.68. The molecule has 0 bridgehead atoms. The fourth-order valence-electron chi connectivity index (χ4n) is 3.38. The van der Waals surface area contributed by atoms with Gasteiger partial charge >= 0.3 is 6.36 Å². The van der Waals surface area contributed by atoms with Crippen molar-refractivity contribution in [3.05, 3.63) is 59.7 Å². The summed E-state index contributed by atoms with van der Waals surface area (Å²) in [6, 6.07) is 14.9. The van der Waals surface area contributed by atoms with E-state index in [0.717, 1.165) is 25.1 Å². The summed E-state index contributed by atoms with van der Waals surface area (Å²) in [6.07, 6.45) is -3.66. The lowest BCUT2D eigenvalue weighted by Gasteiger charge is -2.22. The average Bonchev–Trinajstić information content (AvgIpc) is 3.03. The van der Waals surface area contributed by atoms with Gasteiger partial charge in [-0.3, -0.25) is 0 Å². The van der Waals surface area contributed by atoms with Gasteiger partial charge in [-0.2, -0.15) is 0 Å². The molecular weight excluding hydrogens is 339 g/mol. The van der Waals surface area contributed by atoms with Crippen LogP contribution in [0.2, 0.25) is 0 Å². The van der Waals surface area contributed by atoms with E-state index < -0.39 is 6.36 Å². The number of hydrogen-bond donors (Lipinski definition) is 0. The molecule has 1 aliphatic heterocycles. The van der Waals surface area contributed by atoms with Gasteiger partial charge in [0.15, 0.2) is 0 Å². The fourth-order valence-corrected chi connectivity index (χ4v) is 3.38. The predicted octanol–water partition coefficient (Wildman–Crippen LogP) is 5.88. The molecule has 1 saturated heterocycles. The van der Waals surface area contributed by atoms with Crippen LogP contribution in [0.5, 0.6) is 5.75 Å². The molecule has 3 rings (SSSR count). The van der Waals surface area contributed by atoms with Gasteiger partial charge in [-0.1, -0.05) is 45.0 Å². The van der Waals surface area contributed by atoms with Crippen LogP contribution in [-0.4, -0.2) is 19.5 Å². The zero-order chi connectivity index (χ0) is 18.9. The van der Waals surface area contributed by atoms with Crippen LogP contribution >= 0.6 is 0 Å². The molecule has 1 unspecified atom stereocenters. The molecule has 0 radical (unpaired) electrons. The van der Waals surface area contributed by atoms with E-state index in [1.165, 1.54) is 23.4 Å². The van der Waals surface area contributed by atoms with Crippen molar-refractivity contribution in [2.75, 3.05) is 18.0 Å². The Bertz CT molecular complexity index is 730. The Labute approximate surface area is 152 Å². The highest BCUT2D eigenvalue weighted by Gasteiger charge is 2.31. The average molecular weight is 363 g/mol. The number of benzene rings is 2. The van der Waals surface area contributed by atoms with E-state index in [-0.39, 0.29) is 11.2 Å². The van der Waals surface area contributed by atoms with Gasteiger partial charge < -0.3 is 9.64 Å². The van der Waals surface area contributed by atoms with Crippen LogP contribution in [0.4, 0.5) is 18.9 Å². The number of ether oxygens (including phenoxy) is 1. The van der Waals surface area contributed by atoms with Gasteiger partial charge in [0, 0.05) is 24.7 Å². The maximum Gasteiger partial charge on any atom is 0.573 e. The molecule has 5 heteroatoms. The molecule has 1 atom stereocenters. The molecule has 1 fully saturated rings. The highest BCUT2D eigenvalue weighted by Crippen LogP contribution is 2.33. The Kier molecular flexibility index (Phi) is 4.91. The van der Waals surface area contributed by atoms with Crippen LogP contribution in [0, 0.1) is 0 Å². The molecule has 0 amide bonds. The second-order valence-corrected chi connectivity index (χ2v) is 7.85. The summed E-state index contributed by atoms with van der Waals surface area (Å²) >= 11 is 0. The molecule has 0 spiro atoms. The van der Waals surface area contributed by atoms with E-state index in [1.807, 2.05) is 0 Å². The van der Waals surface area contributed by atoms with Crippen molar-refractivity contribution in [3.8, 4) is 5.75 Å². The summed E-state index contributed by atoms with van der Waals surface area (Å²) in [5.74, 6) is 0.145. The fraction of sp³-hybridized carbons (Fsp3) is 0.429. The second-order valence-electron chi connectivity index (χ2n) is 7.85. The quantitative estimate of drug-likeness (QED) is 0.675. The van der Waals surface area contributed by atoms with Gasteiger partial charge in [-0.05, 0) is 47.2 Å². The van der Waals surface area contributed by atoms with Crippen LogP contribution in [0.15, 0.2) is 48.5 Å². The zero-order valence-electron chi connectivity index (χ0n) is 15.3. The van der Waals surface area contributed by atoms with Crippen molar-refractivity contribution in [1.82, 2.24) is 0 Å². The monoisotopic (exact) mass is 363 g/mol. The molecule has 2 nitrogen and oxygen atoms in total. The lowest BCUT2D eigenvalue weighted by Crippen LogP contribution is -2.19. The molecule has 0 saturated carbocycles. The van der Waals surface area contributed by atoms with Crippen LogP contribution in [0.3, 0.4) is 0 Å². The summed E-state index contributed by atoms with van der Waals surface area (Å²) in [5, 5.41) is 0. The smallest absolute Gasteiger partial charge is 0.406 e. The van der Waals surface area contributed by atoms with Crippen molar-refractivity contribution in [2.45, 2.75) is 44.9 Å². The molecular formula is C21H24F3NO. The third-order valence-corrected chi connectivity index (χ3v) is 4.87. The first-order valence-electron chi connectivity index (χ1n) is 8.83. The van der Waals surface area contributed by atoms with Crippen LogP contribution in [0.25, 0.3) is 0 Å². The molecule has 0 aromatic heterocycles. The maximum atomic E-state index is 12.3. The van der Waals surface area contributed by atoms with Crippen LogP contribution in [-0.2, 0) is 5.41 Å². The first kappa shape index (κ1) is 18.6. The van der Waals surface area contributed by atoms with Crippen LogP contribution in [0.1, 0.15) is 44.2 Å². The lowest BCUT2D eigenvalue weighted by atomic mass is 9.87. The Morgan fingerprint density at radius 3 is 2.08 bits per heavy atom. The summed E-state index contributed by atoms with van der Waals surface area (Å²) in [7, 11) is 0. The number of hydrogen-bond acceptors (Lipinski definition) is 2. The molecule has 26 heavy (non-hydrogen) atoms. The Morgan fingerprint density at radius 1 is 0.923 bits per heavy atom. The number of alkyl halides is 3. The van der Waals surface area contributed by atoms with E-state index in [0.29, 0.717) is 5.92 Å². The van der Waals surface area contributed by atoms with Gasteiger partial charge in [-0.25, -0.2) is 0 Å². The molecule has 2 aromatic rings.